The molecule has 2 aromatic rings. The summed E-state index contributed by atoms with van der Waals surface area (Å²) in [7, 11) is 1.66. The molecule has 0 aliphatic carbocycles. The van der Waals surface area contributed by atoms with E-state index in [2.05, 4.69) is 10.3 Å². The summed E-state index contributed by atoms with van der Waals surface area (Å²) in [4.78, 5) is 29.3. The zero-order valence-electron chi connectivity index (χ0n) is 10.6. The SMILES string of the molecule is CCCNC(=O)c1sc2ncn(C)c(=O)c2c1C. The highest BCUT2D eigenvalue weighted by Gasteiger charge is 2.18. The third-order valence-corrected chi connectivity index (χ3v) is 3.95. The highest BCUT2D eigenvalue weighted by atomic mass is 32.1. The molecule has 0 saturated carbocycles. The van der Waals surface area contributed by atoms with Crippen LogP contribution in [0.2, 0.25) is 0 Å². The molecule has 6 heteroatoms. The molecule has 0 saturated heterocycles. The number of thiophene rings is 1. The number of aryl methyl sites for hydroxylation is 2. The van der Waals surface area contributed by atoms with Crippen LogP contribution in [-0.2, 0) is 7.05 Å². The molecule has 96 valence electrons. The van der Waals surface area contributed by atoms with Gasteiger partial charge in [0, 0.05) is 13.6 Å². The maximum Gasteiger partial charge on any atom is 0.262 e. The molecule has 0 radical (unpaired) electrons. The first-order valence-corrected chi connectivity index (χ1v) is 6.60. The van der Waals surface area contributed by atoms with Crippen molar-refractivity contribution in [2.75, 3.05) is 6.54 Å². The summed E-state index contributed by atoms with van der Waals surface area (Å²) in [5.74, 6) is -0.126. The van der Waals surface area contributed by atoms with Crippen molar-refractivity contribution in [3.63, 3.8) is 0 Å². The first-order valence-electron chi connectivity index (χ1n) is 5.79. The second-order valence-corrected chi connectivity index (χ2v) is 5.15. The molecule has 18 heavy (non-hydrogen) atoms. The molecule has 2 aromatic heterocycles. The van der Waals surface area contributed by atoms with Crippen molar-refractivity contribution in [3.8, 4) is 0 Å². The van der Waals surface area contributed by atoms with E-state index in [0.717, 1.165) is 12.0 Å². The summed E-state index contributed by atoms with van der Waals surface area (Å²) in [6.07, 6.45) is 2.37. The zero-order valence-corrected chi connectivity index (χ0v) is 11.4. The van der Waals surface area contributed by atoms with Gasteiger partial charge in [-0.3, -0.25) is 9.59 Å². The summed E-state index contributed by atoms with van der Waals surface area (Å²) in [5, 5.41) is 3.37. The normalized spacial score (nSPS) is 10.8. The van der Waals surface area contributed by atoms with Crippen molar-refractivity contribution in [1.29, 1.82) is 0 Å². The van der Waals surface area contributed by atoms with Crippen molar-refractivity contribution in [2.45, 2.75) is 20.3 Å². The second-order valence-electron chi connectivity index (χ2n) is 4.15. The number of hydrogen-bond acceptors (Lipinski definition) is 4. The minimum Gasteiger partial charge on any atom is -0.351 e. The minimum absolute atomic E-state index is 0.108. The lowest BCUT2D eigenvalue weighted by Gasteiger charge is -2.01. The van der Waals surface area contributed by atoms with Crippen LogP contribution in [0.4, 0.5) is 0 Å². The van der Waals surface area contributed by atoms with Crippen LogP contribution in [0.5, 0.6) is 0 Å². The molecule has 0 fully saturated rings. The topological polar surface area (TPSA) is 64.0 Å². The molecule has 2 heterocycles. The summed E-state index contributed by atoms with van der Waals surface area (Å²) in [6.45, 7) is 4.43. The fourth-order valence-corrected chi connectivity index (χ4v) is 2.80. The Hall–Kier alpha value is -1.69. The second kappa shape index (κ2) is 4.89. The molecule has 1 amide bonds. The highest BCUT2D eigenvalue weighted by molar-refractivity contribution is 7.20. The van der Waals surface area contributed by atoms with Gasteiger partial charge in [0.25, 0.3) is 11.5 Å². The molecule has 0 atom stereocenters. The number of aromatic nitrogens is 2. The molecule has 5 nitrogen and oxygen atoms in total. The number of fused-ring (bicyclic) bond motifs is 1. The number of nitrogens with zero attached hydrogens (tertiary/aromatic N) is 2. The van der Waals surface area contributed by atoms with Gasteiger partial charge < -0.3 is 9.88 Å². The maximum atomic E-state index is 12.0. The van der Waals surface area contributed by atoms with Gasteiger partial charge in [-0.25, -0.2) is 4.98 Å². The first-order chi connectivity index (χ1) is 8.56. The average Bonchev–Trinajstić information content (AvgIpc) is 2.69. The van der Waals surface area contributed by atoms with Gasteiger partial charge in [-0.15, -0.1) is 11.3 Å². The van der Waals surface area contributed by atoms with E-state index in [9.17, 15) is 9.59 Å². The minimum atomic E-state index is -0.126. The van der Waals surface area contributed by atoms with E-state index in [4.69, 9.17) is 0 Å². The van der Waals surface area contributed by atoms with Gasteiger partial charge in [-0.05, 0) is 18.9 Å². The Labute approximate surface area is 108 Å². The maximum absolute atomic E-state index is 12.0. The highest BCUT2D eigenvalue weighted by Crippen LogP contribution is 2.26. The zero-order chi connectivity index (χ0) is 13.3. The number of carbonyl (C=O) groups excluding carboxylic acids is 1. The monoisotopic (exact) mass is 265 g/mol. The summed E-state index contributed by atoms with van der Waals surface area (Å²) >= 11 is 1.27. The van der Waals surface area contributed by atoms with Gasteiger partial charge in [-0.2, -0.15) is 0 Å². The van der Waals surface area contributed by atoms with E-state index >= 15 is 0 Å². The number of hydrogen-bond donors (Lipinski definition) is 1. The molecule has 1 N–H and O–H groups in total. The largest absolute Gasteiger partial charge is 0.351 e. The van der Waals surface area contributed by atoms with Gasteiger partial charge in [0.05, 0.1) is 16.6 Å². The number of nitrogens with one attached hydrogen (secondary N) is 1. The van der Waals surface area contributed by atoms with Crippen LogP contribution in [0, 0.1) is 6.92 Å². The van der Waals surface area contributed by atoms with Gasteiger partial charge in [0.2, 0.25) is 0 Å². The summed E-state index contributed by atoms with van der Waals surface area (Å²) in [6, 6.07) is 0. The molecule has 0 unspecified atom stereocenters. The fourth-order valence-electron chi connectivity index (χ4n) is 1.74. The number of carbonyl (C=O) groups is 1. The Morgan fingerprint density at radius 2 is 2.28 bits per heavy atom. The van der Waals surface area contributed by atoms with Crippen molar-refractivity contribution in [3.05, 3.63) is 27.1 Å². The van der Waals surface area contributed by atoms with Crippen molar-refractivity contribution < 1.29 is 4.79 Å². The van der Waals surface area contributed by atoms with Crippen LogP contribution in [0.1, 0.15) is 28.6 Å². The molecule has 0 aliphatic rings. The van der Waals surface area contributed by atoms with Crippen LogP contribution < -0.4 is 10.9 Å². The van der Waals surface area contributed by atoms with E-state index in [-0.39, 0.29) is 11.5 Å². The fraction of sp³-hybridized carbons (Fsp3) is 0.417. The third kappa shape index (κ3) is 2.03. The van der Waals surface area contributed by atoms with Crippen LogP contribution in [-0.4, -0.2) is 22.0 Å². The van der Waals surface area contributed by atoms with E-state index < -0.39 is 0 Å². The van der Waals surface area contributed by atoms with Crippen LogP contribution >= 0.6 is 11.3 Å². The molecule has 2 rings (SSSR count). The standard InChI is InChI=1S/C12H15N3O2S/c1-4-5-13-10(16)9-7(2)8-11(18-9)14-6-15(3)12(8)17/h6H,4-5H2,1-3H3,(H,13,16). The smallest absolute Gasteiger partial charge is 0.262 e. The molecule has 0 aromatic carbocycles. The van der Waals surface area contributed by atoms with E-state index in [1.54, 1.807) is 14.0 Å². The summed E-state index contributed by atoms with van der Waals surface area (Å²) in [5.41, 5.74) is 0.612. The van der Waals surface area contributed by atoms with Gasteiger partial charge in [-0.1, -0.05) is 6.92 Å². The Kier molecular flexibility index (Phi) is 3.47. The van der Waals surface area contributed by atoms with E-state index in [0.29, 0.717) is 21.6 Å². The quantitative estimate of drug-likeness (QED) is 0.913. The lowest BCUT2D eigenvalue weighted by atomic mass is 10.2. The predicted molar refractivity (Wildman–Crippen MR) is 72.2 cm³/mol. The Bertz CT molecular complexity index is 657. The Morgan fingerprint density at radius 3 is 2.94 bits per heavy atom. The van der Waals surface area contributed by atoms with Gasteiger partial charge in [0.15, 0.2) is 0 Å². The number of amides is 1. The predicted octanol–water partition coefficient (Wildman–Crippen LogP) is 1.44. The summed E-state index contributed by atoms with van der Waals surface area (Å²) < 4.78 is 1.43. The molecule has 0 bridgehead atoms. The third-order valence-electron chi connectivity index (χ3n) is 2.75. The van der Waals surface area contributed by atoms with E-state index in [1.165, 1.54) is 22.2 Å². The Balaban J connectivity index is 2.55. The molecule has 0 aliphatic heterocycles. The van der Waals surface area contributed by atoms with Crippen LogP contribution in [0.3, 0.4) is 0 Å². The Morgan fingerprint density at radius 1 is 1.56 bits per heavy atom. The lowest BCUT2D eigenvalue weighted by molar-refractivity contribution is 0.0957. The van der Waals surface area contributed by atoms with Crippen molar-refractivity contribution in [1.82, 2.24) is 14.9 Å². The molecular weight excluding hydrogens is 250 g/mol. The van der Waals surface area contributed by atoms with Gasteiger partial charge in [0.1, 0.15) is 4.83 Å². The van der Waals surface area contributed by atoms with Gasteiger partial charge >= 0.3 is 0 Å². The van der Waals surface area contributed by atoms with Crippen molar-refractivity contribution in [2.24, 2.45) is 7.05 Å². The van der Waals surface area contributed by atoms with Crippen LogP contribution in [0.15, 0.2) is 11.1 Å². The average molecular weight is 265 g/mol. The molecule has 0 spiro atoms. The first kappa shape index (κ1) is 12.8. The van der Waals surface area contributed by atoms with Crippen molar-refractivity contribution >= 4 is 27.5 Å². The van der Waals surface area contributed by atoms with Crippen LogP contribution in [0.25, 0.3) is 10.2 Å². The van der Waals surface area contributed by atoms with E-state index in [1.807, 2.05) is 6.92 Å². The lowest BCUT2D eigenvalue weighted by Crippen LogP contribution is -2.23. The molecular formula is C12H15N3O2S. The number of rotatable bonds is 3.